The Kier molecular flexibility index (Phi) is 3.06. The topological polar surface area (TPSA) is 52.0 Å². The monoisotopic (exact) mass is 252 g/mol. The van der Waals surface area contributed by atoms with Gasteiger partial charge in [0.15, 0.2) is 0 Å². The first-order valence-corrected chi connectivity index (χ1v) is 6.56. The number of nitrogens with one attached hydrogen (secondary N) is 1. The van der Waals surface area contributed by atoms with Gasteiger partial charge in [-0.2, -0.15) is 5.26 Å². The van der Waals surface area contributed by atoms with Crippen LogP contribution in [-0.4, -0.2) is 30.7 Å². The molecule has 0 radical (unpaired) electrons. The molecule has 2 aromatic rings. The van der Waals surface area contributed by atoms with E-state index >= 15 is 0 Å². The van der Waals surface area contributed by atoms with E-state index in [4.69, 9.17) is 0 Å². The minimum absolute atomic E-state index is 0.451. The van der Waals surface area contributed by atoms with Crippen molar-refractivity contribution in [3.63, 3.8) is 0 Å². The molecule has 1 aliphatic rings. The predicted octanol–water partition coefficient (Wildman–Crippen LogP) is 1.90. The molecule has 0 amide bonds. The fourth-order valence-electron chi connectivity index (χ4n) is 2.56. The van der Waals surface area contributed by atoms with Gasteiger partial charge >= 0.3 is 0 Å². The first-order chi connectivity index (χ1) is 9.28. The average Bonchev–Trinajstić information content (AvgIpc) is 2.46. The maximum absolute atomic E-state index is 9.30. The molecule has 0 aliphatic carbocycles. The molecular formula is C15H16N4. The quantitative estimate of drug-likeness (QED) is 0.842. The van der Waals surface area contributed by atoms with E-state index < -0.39 is 0 Å². The summed E-state index contributed by atoms with van der Waals surface area (Å²) in [6.07, 6.45) is 0. The Morgan fingerprint density at radius 3 is 3.05 bits per heavy atom. The Labute approximate surface area is 112 Å². The molecule has 1 fully saturated rings. The lowest BCUT2D eigenvalue weighted by molar-refractivity contribution is 0.482. The van der Waals surface area contributed by atoms with E-state index in [1.807, 2.05) is 30.3 Å². The second-order valence-electron chi connectivity index (χ2n) is 4.96. The number of hydrogen-bond acceptors (Lipinski definition) is 4. The van der Waals surface area contributed by atoms with Crippen molar-refractivity contribution in [1.82, 2.24) is 10.3 Å². The second kappa shape index (κ2) is 4.87. The van der Waals surface area contributed by atoms with Gasteiger partial charge in [-0.15, -0.1) is 0 Å². The summed E-state index contributed by atoms with van der Waals surface area (Å²) in [6, 6.07) is 12.4. The lowest BCUT2D eigenvalue weighted by atomic mass is 10.1. The first-order valence-electron chi connectivity index (χ1n) is 6.56. The molecule has 0 spiro atoms. The summed E-state index contributed by atoms with van der Waals surface area (Å²) in [5.74, 6) is 0.906. The van der Waals surface area contributed by atoms with E-state index in [0.717, 1.165) is 36.4 Å². The Balaban J connectivity index is 2.07. The minimum atomic E-state index is 0.451. The average molecular weight is 252 g/mol. The number of para-hydroxylation sites is 1. The highest BCUT2D eigenvalue weighted by Gasteiger charge is 2.18. The van der Waals surface area contributed by atoms with Crippen LogP contribution in [0.4, 0.5) is 5.82 Å². The van der Waals surface area contributed by atoms with Crippen LogP contribution >= 0.6 is 0 Å². The van der Waals surface area contributed by atoms with Crippen LogP contribution in [0.25, 0.3) is 10.9 Å². The van der Waals surface area contributed by atoms with E-state index in [-0.39, 0.29) is 0 Å². The third-order valence-corrected chi connectivity index (χ3v) is 3.52. The van der Waals surface area contributed by atoms with Crippen molar-refractivity contribution in [2.24, 2.45) is 0 Å². The summed E-state index contributed by atoms with van der Waals surface area (Å²) >= 11 is 0. The molecule has 0 saturated carbocycles. The maximum atomic E-state index is 9.30. The number of rotatable bonds is 1. The maximum Gasteiger partial charge on any atom is 0.130 e. The SMILES string of the molecule is C[C@@H]1CN(c2cc(C#N)c3ccccc3n2)CCN1. The van der Waals surface area contributed by atoms with E-state index in [1.54, 1.807) is 0 Å². The predicted molar refractivity (Wildman–Crippen MR) is 76.1 cm³/mol. The summed E-state index contributed by atoms with van der Waals surface area (Å²) in [6.45, 7) is 4.98. The Bertz CT molecular complexity index is 644. The van der Waals surface area contributed by atoms with Gasteiger partial charge < -0.3 is 10.2 Å². The molecule has 3 rings (SSSR count). The molecule has 4 nitrogen and oxygen atoms in total. The minimum Gasteiger partial charge on any atom is -0.354 e. The van der Waals surface area contributed by atoms with Gasteiger partial charge in [-0.1, -0.05) is 18.2 Å². The molecule has 1 atom stereocenters. The molecule has 1 aromatic heterocycles. The summed E-state index contributed by atoms with van der Waals surface area (Å²) in [7, 11) is 0. The second-order valence-corrected chi connectivity index (χ2v) is 4.96. The van der Waals surface area contributed by atoms with Gasteiger partial charge in [-0.25, -0.2) is 4.98 Å². The van der Waals surface area contributed by atoms with Crippen molar-refractivity contribution in [3.8, 4) is 6.07 Å². The van der Waals surface area contributed by atoms with Crippen LogP contribution in [0.2, 0.25) is 0 Å². The van der Waals surface area contributed by atoms with E-state index in [0.29, 0.717) is 11.6 Å². The number of nitrogens with zero attached hydrogens (tertiary/aromatic N) is 3. The summed E-state index contributed by atoms with van der Waals surface area (Å²) in [5.41, 5.74) is 1.59. The Hall–Kier alpha value is -2.12. The van der Waals surface area contributed by atoms with Gasteiger partial charge in [0, 0.05) is 31.1 Å². The molecule has 0 unspecified atom stereocenters. The lowest BCUT2D eigenvalue weighted by Gasteiger charge is -2.33. The molecule has 1 aliphatic heterocycles. The van der Waals surface area contributed by atoms with Crippen LogP contribution in [0.1, 0.15) is 12.5 Å². The largest absolute Gasteiger partial charge is 0.354 e. The summed E-state index contributed by atoms with van der Waals surface area (Å²) < 4.78 is 0. The number of pyridine rings is 1. The van der Waals surface area contributed by atoms with Crippen molar-refractivity contribution in [3.05, 3.63) is 35.9 Å². The van der Waals surface area contributed by atoms with Gasteiger partial charge in [0.2, 0.25) is 0 Å². The molecule has 2 heterocycles. The van der Waals surface area contributed by atoms with Crippen LogP contribution in [0.15, 0.2) is 30.3 Å². The van der Waals surface area contributed by atoms with Crippen LogP contribution in [0.3, 0.4) is 0 Å². The third kappa shape index (κ3) is 2.25. The molecule has 19 heavy (non-hydrogen) atoms. The van der Waals surface area contributed by atoms with E-state index in [2.05, 4.69) is 28.2 Å². The van der Waals surface area contributed by atoms with Gasteiger partial charge in [-0.3, -0.25) is 0 Å². The number of anilines is 1. The molecule has 1 N–H and O–H groups in total. The smallest absolute Gasteiger partial charge is 0.130 e. The molecule has 4 heteroatoms. The highest BCUT2D eigenvalue weighted by molar-refractivity contribution is 5.86. The standard InChI is InChI=1S/C15H16N4/c1-11-10-19(7-6-17-11)15-8-12(9-16)13-4-2-3-5-14(13)18-15/h2-5,8,11,17H,6-7,10H2,1H3/t11-/m1/s1. The van der Waals surface area contributed by atoms with Gasteiger partial charge in [0.25, 0.3) is 0 Å². The number of benzene rings is 1. The highest BCUT2D eigenvalue weighted by Crippen LogP contribution is 2.23. The van der Waals surface area contributed by atoms with Crippen LogP contribution < -0.4 is 10.2 Å². The Morgan fingerprint density at radius 1 is 1.42 bits per heavy atom. The zero-order chi connectivity index (χ0) is 13.2. The molecular weight excluding hydrogens is 236 g/mol. The summed E-state index contributed by atoms with van der Waals surface area (Å²) in [5, 5.41) is 13.6. The number of piperazine rings is 1. The van der Waals surface area contributed by atoms with Gasteiger partial charge in [0.05, 0.1) is 17.1 Å². The number of hydrogen-bond donors (Lipinski definition) is 1. The first kappa shape index (κ1) is 11.9. The van der Waals surface area contributed by atoms with Crippen LogP contribution in [0.5, 0.6) is 0 Å². The lowest BCUT2D eigenvalue weighted by Crippen LogP contribution is -2.49. The number of nitriles is 1. The molecule has 1 aromatic carbocycles. The molecule has 96 valence electrons. The normalized spacial score (nSPS) is 19.4. The summed E-state index contributed by atoms with van der Waals surface area (Å²) in [4.78, 5) is 6.93. The van der Waals surface area contributed by atoms with Crippen molar-refractivity contribution in [2.75, 3.05) is 24.5 Å². The fourth-order valence-corrected chi connectivity index (χ4v) is 2.56. The number of aromatic nitrogens is 1. The van der Waals surface area contributed by atoms with Crippen molar-refractivity contribution in [1.29, 1.82) is 5.26 Å². The Morgan fingerprint density at radius 2 is 2.26 bits per heavy atom. The van der Waals surface area contributed by atoms with Crippen molar-refractivity contribution < 1.29 is 0 Å². The zero-order valence-electron chi connectivity index (χ0n) is 10.9. The van der Waals surface area contributed by atoms with E-state index in [1.165, 1.54) is 0 Å². The van der Waals surface area contributed by atoms with Crippen LogP contribution in [-0.2, 0) is 0 Å². The van der Waals surface area contributed by atoms with Gasteiger partial charge in [0.1, 0.15) is 5.82 Å². The fraction of sp³-hybridized carbons (Fsp3) is 0.333. The highest BCUT2D eigenvalue weighted by atomic mass is 15.2. The van der Waals surface area contributed by atoms with Crippen LogP contribution in [0, 0.1) is 11.3 Å². The van der Waals surface area contributed by atoms with Gasteiger partial charge in [-0.05, 0) is 19.1 Å². The molecule has 0 bridgehead atoms. The molecule has 1 saturated heterocycles. The van der Waals surface area contributed by atoms with E-state index in [9.17, 15) is 5.26 Å². The third-order valence-electron chi connectivity index (χ3n) is 3.52. The van der Waals surface area contributed by atoms with Crippen molar-refractivity contribution in [2.45, 2.75) is 13.0 Å². The zero-order valence-corrected chi connectivity index (χ0v) is 10.9. The number of fused-ring (bicyclic) bond motifs is 1. The van der Waals surface area contributed by atoms with Crippen molar-refractivity contribution >= 4 is 16.7 Å².